The number of phenols is 1. The first kappa shape index (κ1) is 15.4. The van der Waals surface area contributed by atoms with E-state index in [1.165, 1.54) is 17.3 Å². The average Bonchev–Trinajstić information content (AvgIpc) is 2.82. The van der Waals surface area contributed by atoms with Crippen molar-refractivity contribution in [1.29, 1.82) is 0 Å². The maximum absolute atomic E-state index is 12.1. The Kier molecular flexibility index (Phi) is 4.21. The molecule has 0 bridgehead atoms. The standard InChI is InChI=1S/C18H16N2O2S/c1-11-6-7-15(12(2)8-11)19-18-20-17(22)16(23-18)10-13-4-3-5-14(21)9-13/h3-10,21H,1-2H3,(H,19,20,22). The number of carbonyl (C=O) groups is 1. The van der Waals surface area contributed by atoms with Gasteiger partial charge in [-0.3, -0.25) is 4.79 Å². The Morgan fingerprint density at radius 1 is 1.17 bits per heavy atom. The van der Waals surface area contributed by atoms with Crippen LogP contribution in [-0.4, -0.2) is 16.2 Å². The molecule has 1 aliphatic rings. The maximum Gasteiger partial charge on any atom is 0.264 e. The van der Waals surface area contributed by atoms with Crippen LogP contribution in [0, 0.1) is 13.8 Å². The molecule has 0 atom stereocenters. The predicted molar refractivity (Wildman–Crippen MR) is 94.8 cm³/mol. The normalized spacial score (nSPS) is 17.7. The van der Waals surface area contributed by atoms with Gasteiger partial charge in [-0.2, -0.15) is 0 Å². The van der Waals surface area contributed by atoms with Crippen LogP contribution in [-0.2, 0) is 4.79 Å². The van der Waals surface area contributed by atoms with Crippen LogP contribution in [0.15, 0.2) is 52.4 Å². The molecule has 2 aromatic carbocycles. The number of amidine groups is 1. The molecule has 0 radical (unpaired) electrons. The number of nitrogens with one attached hydrogen (secondary N) is 1. The maximum atomic E-state index is 12.1. The smallest absolute Gasteiger partial charge is 0.264 e. The van der Waals surface area contributed by atoms with E-state index in [1.54, 1.807) is 24.3 Å². The van der Waals surface area contributed by atoms with Crippen LogP contribution in [0.25, 0.3) is 6.08 Å². The fraction of sp³-hybridized carbons (Fsp3) is 0.111. The summed E-state index contributed by atoms with van der Waals surface area (Å²) in [6.07, 6.45) is 1.74. The lowest BCUT2D eigenvalue weighted by Gasteiger charge is -2.02. The molecule has 0 unspecified atom stereocenters. The van der Waals surface area contributed by atoms with Crippen molar-refractivity contribution in [3.63, 3.8) is 0 Å². The molecule has 2 N–H and O–H groups in total. The highest BCUT2D eigenvalue weighted by atomic mass is 32.2. The minimum absolute atomic E-state index is 0.173. The minimum atomic E-state index is -0.179. The van der Waals surface area contributed by atoms with E-state index in [-0.39, 0.29) is 11.7 Å². The number of aryl methyl sites for hydroxylation is 2. The highest BCUT2D eigenvalue weighted by Gasteiger charge is 2.23. The van der Waals surface area contributed by atoms with Crippen LogP contribution in [0.4, 0.5) is 5.69 Å². The average molecular weight is 324 g/mol. The van der Waals surface area contributed by atoms with Gasteiger partial charge >= 0.3 is 0 Å². The fourth-order valence-electron chi connectivity index (χ4n) is 2.29. The van der Waals surface area contributed by atoms with Gasteiger partial charge < -0.3 is 10.4 Å². The Morgan fingerprint density at radius 2 is 2.00 bits per heavy atom. The number of nitrogens with zero attached hydrogens (tertiary/aromatic N) is 1. The second-order valence-corrected chi connectivity index (χ2v) is 6.40. The number of hydrogen-bond donors (Lipinski definition) is 2. The van der Waals surface area contributed by atoms with Gasteiger partial charge in [0.1, 0.15) is 5.75 Å². The second-order valence-electron chi connectivity index (χ2n) is 5.37. The molecule has 1 heterocycles. The van der Waals surface area contributed by atoms with Crippen molar-refractivity contribution in [3.8, 4) is 5.75 Å². The van der Waals surface area contributed by atoms with Gasteiger partial charge in [0, 0.05) is 0 Å². The third-order valence-electron chi connectivity index (χ3n) is 3.39. The van der Waals surface area contributed by atoms with E-state index in [2.05, 4.69) is 16.4 Å². The number of benzene rings is 2. The van der Waals surface area contributed by atoms with Gasteiger partial charge in [-0.25, -0.2) is 4.99 Å². The molecule has 0 spiro atoms. The summed E-state index contributed by atoms with van der Waals surface area (Å²) in [5.74, 6) is -0.00576. The first-order valence-electron chi connectivity index (χ1n) is 7.17. The molecule has 4 nitrogen and oxygen atoms in total. The van der Waals surface area contributed by atoms with Crippen LogP contribution >= 0.6 is 11.8 Å². The zero-order valence-electron chi connectivity index (χ0n) is 12.8. The number of rotatable bonds is 2. The Morgan fingerprint density at radius 3 is 2.74 bits per heavy atom. The van der Waals surface area contributed by atoms with Crippen LogP contribution in [0.2, 0.25) is 0 Å². The lowest BCUT2D eigenvalue weighted by Crippen LogP contribution is -2.19. The van der Waals surface area contributed by atoms with Gasteiger partial charge in [-0.15, -0.1) is 0 Å². The molecule has 0 aromatic heterocycles. The largest absolute Gasteiger partial charge is 0.508 e. The molecule has 116 valence electrons. The number of thioether (sulfide) groups is 1. The highest BCUT2D eigenvalue weighted by Crippen LogP contribution is 2.29. The van der Waals surface area contributed by atoms with Crippen LogP contribution in [0.1, 0.15) is 16.7 Å². The molecule has 2 aromatic rings. The van der Waals surface area contributed by atoms with Crippen LogP contribution in [0.5, 0.6) is 5.75 Å². The van der Waals surface area contributed by atoms with E-state index >= 15 is 0 Å². The quantitative estimate of drug-likeness (QED) is 0.824. The lowest BCUT2D eigenvalue weighted by atomic mass is 10.1. The lowest BCUT2D eigenvalue weighted by molar-refractivity contribution is -0.115. The van der Waals surface area contributed by atoms with Crippen LogP contribution < -0.4 is 5.32 Å². The summed E-state index contributed by atoms with van der Waals surface area (Å²) in [5, 5.41) is 12.8. The molecule has 1 amide bonds. The topological polar surface area (TPSA) is 61.7 Å². The predicted octanol–water partition coefficient (Wildman–Crippen LogP) is 3.90. The number of phenolic OH excluding ortho intramolecular Hbond substituents is 1. The molecule has 1 fully saturated rings. The Balaban J connectivity index is 1.86. The molecule has 5 heteroatoms. The van der Waals surface area contributed by atoms with E-state index in [9.17, 15) is 9.90 Å². The van der Waals surface area contributed by atoms with Crippen molar-refractivity contribution in [1.82, 2.24) is 5.32 Å². The molecule has 1 aliphatic heterocycles. The van der Waals surface area contributed by atoms with Crippen molar-refractivity contribution in [2.75, 3.05) is 0 Å². The summed E-state index contributed by atoms with van der Waals surface area (Å²) in [5.41, 5.74) is 3.87. The third kappa shape index (κ3) is 3.63. The van der Waals surface area contributed by atoms with Gasteiger partial charge in [0.05, 0.1) is 10.6 Å². The van der Waals surface area contributed by atoms with E-state index in [0.29, 0.717) is 10.1 Å². The highest BCUT2D eigenvalue weighted by molar-refractivity contribution is 8.18. The summed E-state index contributed by atoms with van der Waals surface area (Å²) in [7, 11) is 0. The Labute approximate surface area is 139 Å². The summed E-state index contributed by atoms with van der Waals surface area (Å²) in [6.45, 7) is 4.03. The van der Waals surface area contributed by atoms with Gasteiger partial charge in [-0.05, 0) is 61.0 Å². The molecule has 1 saturated heterocycles. The van der Waals surface area contributed by atoms with Gasteiger partial charge in [0.25, 0.3) is 5.91 Å². The van der Waals surface area contributed by atoms with Crippen molar-refractivity contribution < 1.29 is 9.90 Å². The first-order chi connectivity index (χ1) is 11.0. The number of aromatic hydroxyl groups is 1. The Bertz CT molecular complexity index is 841. The van der Waals surface area contributed by atoms with Crippen molar-refractivity contribution in [2.24, 2.45) is 4.99 Å². The molecule has 23 heavy (non-hydrogen) atoms. The second kappa shape index (κ2) is 6.30. The third-order valence-corrected chi connectivity index (χ3v) is 4.30. The van der Waals surface area contributed by atoms with Crippen LogP contribution in [0.3, 0.4) is 0 Å². The number of aliphatic imine (C=N–C) groups is 1. The molecular weight excluding hydrogens is 308 g/mol. The van der Waals surface area contributed by atoms with Crippen molar-refractivity contribution in [3.05, 3.63) is 64.1 Å². The number of carbonyl (C=O) groups excluding carboxylic acids is 1. The fourth-order valence-corrected chi connectivity index (χ4v) is 3.12. The van der Waals surface area contributed by atoms with Gasteiger partial charge in [0.2, 0.25) is 0 Å². The van der Waals surface area contributed by atoms with E-state index in [4.69, 9.17) is 0 Å². The van der Waals surface area contributed by atoms with E-state index in [1.807, 2.05) is 32.0 Å². The van der Waals surface area contributed by atoms with E-state index in [0.717, 1.165) is 16.8 Å². The Hall–Kier alpha value is -2.53. The van der Waals surface area contributed by atoms with Gasteiger partial charge in [0.15, 0.2) is 5.17 Å². The van der Waals surface area contributed by atoms with Gasteiger partial charge in [-0.1, -0.05) is 29.8 Å². The van der Waals surface area contributed by atoms with E-state index < -0.39 is 0 Å². The minimum Gasteiger partial charge on any atom is -0.508 e. The summed E-state index contributed by atoms with van der Waals surface area (Å²) < 4.78 is 0. The molecular formula is C18H16N2O2S. The summed E-state index contributed by atoms with van der Waals surface area (Å²) in [6, 6.07) is 12.8. The first-order valence-corrected chi connectivity index (χ1v) is 7.99. The number of hydrogen-bond acceptors (Lipinski definition) is 4. The number of amides is 1. The molecule has 0 aliphatic carbocycles. The monoisotopic (exact) mass is 324 g/mol. The zero-order valence-corrected chi connectivity index (χ0v) is 13.6. The zero-order chi connectivity index (χ0) is 16.4. The molecule has 3 rings (SSSR count). The summed E-state index contributed by atoms with van der Waals surface area (Å²) in [4.78, 5) is 17.1. The SMILES string of the molecule is Cc1ccc(N=C2NC(=O)C(=Cc3cccc(O)c3)S2)c(C)c1. The summed E-state index contributed by atoms with van der Waals surface area (Å²) >= 11 is 1.30. The molecule has 0 saturated carbocycles. The van der Waals surface area contributed by atoms with Crippen molar-refractivity contribution in [2.45, 2.75) is 13.8 Å². The van der Waals surface area contributed by atoms with Crippen molar-refractivity contribution >= 4 is 34.6 Å².